The first kappa shape index (κ1) is 14.5. The first-order chi connectivity index (χ1) is 9.83. The highest BCUT2D eigenvalue weighted by Crippen LogP contribution is 2.25. The van der Waals surface area contributed by atoms with E-state index >= 15 is 0 Å². The lowest BCUT2D eigenvalue weighted by Crippen LogP contribution is -2.26. The molecule has 1 heterocycles. The Kier molecular flexibility index (Phi) is 5.53. The van der Waals surface area contributed by atoms with E-state index in [1.54, 1.807) is 12.4 Å². The lowest BCUT2D eigenvalue weighted by Gasteiger charge is -2.20. The molecule has 106 valence electrons. The van der Waals surface area contributed by atoms with Gasteiger partial charge in [0, 0.05) is 24.8 Å². The summed E-state index contributed by atoms with van der Waals surface area (Å²) in [5, 5.41) is 9.07. The third-order valence-corrected chi connectivity index (χ3v) is 3.09. The van der Waals surface area contributed by atoms with Crippen molar-refractivity contribution in [1.29, 1.82) is 0 Å². The minimum absolute atomic E-state index is 0.166. The Balaban J connectivity index is 2.13. The van der Waals surface area contributed by atoms with Crippen LogP contribution in [0, 0.1) is 0 Å². The lowest BCUT2D eigenvalue weighted by molar-refractivity contribution is 0.195. The zero-order valence-electron chi connectivity index (χ0n) is 11.7. The molecule has 4 nitrogen and oxygen atoms in total. The molecule has 20 heavy (non-hydrogen) atoms. The molecule has 2 aromatic rings. The van der Waals surface area contributed by atoms with E-state index in [4.69, 9.17) is 9.84 Å². The van der Waals surface area contributed by atoms with Crippen LogP contribution in [0.2, 0.25) is 0 Å². The van der Waals surface area contributed by atoms with Crippen molar-refractivity contribution in [3.05, 3.63) is 54.4 Å². The van der Waals surface area contributed by atoms with Gasteiger partial charge in [-0.3, -0.25) is 9.88 Å². The third-order valence-electron chi connectivity index (χ3n) is 3.09. The van der Waals surface area contributed by atoms with Crippen molar-refractivity contribution in [2.24, 2.45) is 0 Å². The van der Waals surface area contributed by atoms with Crippen LogP contribution < -0.4 is 4.74 Å². The molecular weight excluding hydrogens is 252 g/mol. The monoisotopic (exact) mass is 272 g/mol. The second-order valence-corrected chi connectivity index (χ2v) is 4.49. The number of pyridine rings is 1. The molecule has 0 aliphatic heterocycles. The average Bonchev–Trinajstić information content (AvgIpc) is 2.49. The molecule has 1 aromatic heterocycles. The van der Waals surface area contributed by atoms with Gasteiger partial charge in [0.25, 0.3) is 0 Å². The zero-order valence-corrected chi connectivity index (χ0v) is 11.7. The van der Waals surface area contributed by atoms with Crippen LogP contribution in [0.1, 0.15) is 12.5 Å². The number of nitrogens with zero attached hydrogens (tertiary/aromatic N) is 2. The number of hydrogen-bond donors (Lipinski definition) is 1. The molecule has 0 amide bonds. The van der Waals surface area contributed by atoms with Crippen molar-refractivity contribution in [2.45, 2.75) is 13.5 Å². The van der Waals surface area contributed by atoms with Crippen LogP contribution in [-0.2, 0) is 6.54 Å². The molecule has 0 saturated heterocycles. The third kappa shape index (κ3) is 4.05. The number of aliphatic hydroxyl groups excluding tert-OH is 1. The van der Waals surface area contributed by atoms with Crippen molar-refractivity contribution in [3.8, 4) is 11.5 Å². The predicted molar refractivity (Wildman–Crippen MR) is 78.8 cm³/mol. The van der Waals surface area contributed by atoms with Gasteiger partial charge in [0.1, 0.15) is 11.5 Å². The molecule has 0 bridgehead atoms. The molecule has 0 fully saturated rings. The van der Waals surface area contributed by atoms with Gasteiger partial charge in [0.05, 0.1) is 12.8 Å². The van der Waals surface area contributed by atoms with Crippen LogP contribution in [0.3, 0.4) is 0 Å². The molecule has 0 saturated carbocycles. The SMILES string of the molecule is CCN(CCO)Cc1ccccc1Oc1cccnc1. The minimum Gasteiger partial charge on any atom is -0.455 e. The molecule has 0 spiro atoms. The molecule has 0 unspecified atom stereocenters. The number of benzene rings is 1. The maximum Gasteiger partial charge on any atom is 0.145 e. The van der Waals surface area contributed by atoms with Gasteiger partial charge in [-0.05, 0) is 24.7 Å². The number of aromatic nitrogens is 1. The highest BCUT2D eigenvalue weighted by Gasteiger charge is 2.08. The highest BCUT2D eigenvalue weighted by atomic mass is 16.5. The summed E-state index contributed by atoms with van der Waals surface area (Å²) in [4.78, 5) is 6.22. The van der Waals surface area contributed by atoms with E-state index in [1.165, 1.54) is 0 Å². The number of ether oxygens (including phenoxy) is 1. The molecule has 0 aliphatic carbocycles. The van der Waals surface area contributed by atoms with Gasteiger partial charge in [-0.1, -0.05) is 25.1 Å². The van der Waals surface area contributed by atoms with Crippen LogP contribution in [0.5, 0.6) is 11.5 Å². The minimum atomic E-state index is 0.166. The summed E-state index contributed by atoms with van der Waals surface area (Å²) in [7, 11) is 0. The predicted octanol–water partition coefficient (Wildman–Crippen LogP) is 2.69. The fraction of sp³-hybridized carbons (Fsp3) is 0.312. The molecule has 1 N–H and O–H groups in total. The highest BCUT2D eigenvalue weighted by molar-refractivity contribution is 5.37. The van der Waals surface area contributed by atoms with Gasteiger partial charge in [-0.25, -0.2) is 0 Å². The van der Waals surface area contributed by atoms with Crippen LogP contribution in [0.15, 0.2) is 48.8 Å². The van der Waals surface area contributed by atoms with Crippen LogP contribution in [0.25, 0.3) is 0 Å². The zero-order chi connectivity index (χ0) is 14.2. The van der Waals surface area contributed by atoms with E-state index in [0.29, 0.717) is 6.54 Å². The number of para-hydroxylation sites is 1. The van der Waals surface area contributed by atoms with Gasteiger partial charge in [0.2, 0.25) is 0 Å². The maximum atomic E-state index is 9.07. The normalized spacial score (nSPS) is 10.8. The van der Waals surface area contributed by atoms with E-state index < -0.39 is 0 Å². The summed E-state index contributed by atoms with van der Waals surface area (Å²) >= 11 is 0. The Morgan fingerprint density at radius 1 is 1.20 bits per heavy atom. The summed E-state index contributed by atoms with van der Waals surface area (Å²) < 4.78 is 5.88. The Labute approximate surface area is 119 Å². The Hall–Kier alpha value is -1.91. The fourth-order valence-corrected chi connectivity index (χ4v) is 2.00. The molecular formula is C16H20N2O2. The van der Waals surface area contributed by atoms with E-state index in [1.807, 2.05) is 36.4 Å². The first-order valence-electron chi connectivity index (χ1n) is 6.82. The second-order valence-electron chi connectivity index (χ2n) is 4.49. The van der Waals surface area contributed by atoms with Crippen LogP contribution >= 0.6 is 0 Å². The van der Waals surface area contributed by atoms with Crippen molar-refractivity contribution < 1.29 is 9.84 Å². The largest absolute Gasteiger partial charge is 0.455 e. The van der Waals surface area contributed by atoms with E-state index in [0.717, 1.165) is 30.2 Å². The Morgan fingerprint density at radius 2 is 2.05 bits per heavy atom. The topological polar surface area (TPSA) is 45.6 Å². The van der Waals surface area contributed by atoms with Crippen molar-refractivity contribution >= 4 is 0 Å². The summed E-state index contributed by atoms with van der Waals surface area (Å²) in [6, 6.07) is 11.7. The van der Waals surface area contributed by atoms with Crippen molar-refractivity contribution in [3.63, 3.8) is 0 Å². The van der Waals surface area contributed by atoms with Crippen LogP contribution in [0.4, 0.5) is 0 Å². The van der Waals surface area contributed by atoms with Gasteiger partial charge < -0.3 is 9.84 Å². The summed E-state index contributed by atoms with van der Waals surface area (Å²) in [6.07, 6.45) is 3.42. The Bertz CT molecular complexity index is 517. The number of likely N-dealkylation sites (N-methyl/N-ethyl adjacent to an activating group) is 1. The Morgan fingerprint density at radius 3 is 2.75 bits per heavy atom. The second kappa shape index (κ2) is 7.62. The molecule has 0 radical (unpaired) electrons. The number of aliphatic hydroxyl groups is 1. The smallest absolute Gasteiger partial charge is 0.145 e. The lowest BCUT2D eigenvalue weighted by atomic mass is 10.2. The maximum absolute atomic E-state index is 9.07. The summed E-state index contributed by atoms with van der Waals surface area (Å²) in [5.41, 5.74) is 1.10. The molecule has 0 aliphatic rings. The van der Waals surface area contributed by atoms with Gasteiger partial charge >= 0.3 is 0 Å². The van der Waals surface area contributed by atoms with Gasteiger partial charge in [0.15, 0.2) is 0 Å². The molecule has 0 atom stereocenters. The van der Waals surface area contributed by atoms with Crippen molar-refractivity contribution in [2.75, 3.05) is 19.7 Å². The van der Waals surface area contributed by atoms with Crippen molar-refractivity contribution in [1.82, 2.24) is 9.88 Å². The summed E-state index contributed by atoms with van der Waals surface area (Å²) in [6.45, 7) is 4.56. The van der Waals surface area contributed by atoms with E-state index in [9.17, 15) is 0 Å². The number of rotatable bonds is 7. The summed E-state index contributed by atoms with van der Waals surface area (Å²) in [5.74, 6) is 1.56. The average molecular weight is 272 g/mol. The van der Waals surface area contributed by atoms with Gasteiger partial charge in [-0.2, -0.15) is 0 Å². The van der Waals surface area contributed by atoms with Crippen LogP contribution in [-0.4, -0.2) is 34.7 Å². The molecule has 2 rings (SSSR count). The first-order valence-corrected chi connectivity index (χ1v) is 6.82. The number of hydrogen-bond acceptors (Lipinski definition) is 4. The standard InChI is InChI=1S/C16H20N2O2/c1-2-18(10-11-19)13-14-6-3-4-8-16(14)20-15-7-5-9-17-12-15/h3-9,12,19H,2,10-11,13H2,1H3. The van der Waals surface area contributed by atoms with E-state index in [2.05, 4.69) is 16.8 Å². The molecule has 1 aromatic carbocycles. The van der Waals surface area contributed by atoms with Gasteiger partial charge in [-0.15, -0.1) is 0 Å². The molecule has 4 heteroatoms. The van der Waals surface area contributed by atoms with E-state index in [-0.39, 0.29) is 6.61 Å². The fourth-order valence-electron chi connectivity index (χ4n) is 2.00. The quantitative estimate of drug-likeness (QED) is 0.841.